The first-order valence-electron chi connectivity index (χ1n) is 24.1. The molecule has 0 saturated carbocycles. The molecule has 0 spiro atoms. The van der Waals surface area contributed by atoms with Gasteiger partial charge in [-0.05, 0) is 119 Å². The number of ether oxygens (including phenoxy) is 1. The summed E-state index contributed by atoms with van der Waals surface area (Å²) in [4.78, 5) is 17.9. The number of aliphatic carboxylic acids is 1. The van der Waals surface area contributed by atoms with Gasteiger partial charge in [-0.15, -0.1) is 0 Å². The Labute approximate surface area is 427 Å². The number of hydrogen-bond acceptors (Lipinski definition) is 9. The number of aryl methyl sites for hydroxylation is 1. The largest absolute Gasteiger partial charge is 0.549 e. The third kappa shape index (κ3) is 27.7. The summed E-state index contributed by atoms with van der Waals surface area (Å²) >= 11 is -3.16. The SMILES string of the molecule is CCCCCCCCCc1ccc(OC)cc1.CCNC(NCC)=[NH+]C[NH+]=C(NCC)NCC.O=C([O-])CS(=O)(=O)c1ccc(OS(=O)c2ccccc2)cc1.O=S(Oc1ccccc1)c1ccccc1. The summed E-state index contributed by atoms with van der Waals surface area (Å²) in [5.74, 6) is 0.904. The van der Waals surface area contributed by atoms with Crippen molar-refractivity contribution >= 4 is 49.9 Å². The molecule has 0 fully saturated rings. The van der Waals surface area contributed by atoms with E-state index in [1.165, 1.54) is 81.2 Å². The second kappa shape index (κ2) is 37.6. The van der Waals surface area contributed by atoms with Crippen LogP contribution in [-0.4, -0.2) is 80.4 Å². The smallest absolute Gasteiger partial charge is 0.345 e. The van der Waals surface area contributed by atoms with Crippen LogP contribution in [0.2, 0.25) is 0 Å². The summed E-state index contributed by atoms with van der Waals surface area (Å²) in [5.41, 5.74) is 1.43. The summed E-state index contributed by atoms with van der Waals surface area (Å²) in [6.45, 7) is 14.8. The molecule has 0 aliphatic rings. The standard InChI is InChI=1S/C16H26O.C14H12O6S2.C12H10O2S.C11H26N6/c1-3-4-5-6-7-8-9-10-15-11-13-16(17-2)14-12-15;15-14(16)10-22(18,19)13-8-6-11(7-9-13)20-21(17)12-4-2-1-3-5-12;13-15(12-9-5-2-6-10-12)14-11-7-3-1-4-8-11;1-5-12-10(13-6-2)16-9-17-11(14-7-3)15-8-4/h11-14H,3-10H2,1-2H3;1-9H,10H2,(H,15,16);1-10H;5-9H2,1-4H3,(H2,12,13,16)(H2,14,15,17)/p+1. The number of carbonyl (C=O) groups is 1. The number of methoxy groups -OCH3 is 1. The molecule has 2 atom stereocenters. The van der Waals surface area contributed by atoms with E-state index >= 15 is 0 Å². The van der Waals surface area contributed by atoms with Crippen molar-refractivity contribution in [2.24, 2.45) is 0 Å². The van der Waals surface area contributed by atoms with E-state index in [0.717, 1.165) is 43.8 Å². The minimum Gasteiger partial charge on any atom is -0.549 e. The summed E-state index contributed by atoms with van der Waals surface area (Å²) in [5, 5.41) is 23.3. The van der Waals surface area contributed by atoms with Crippen LogP contribution in [0.5, 0.6) is 17.2 Å². The van der Waals surface area contributed by atoms with Gasteiger partial charge in [0.05, 0.1) is 59.7 Å². The number of unbranched alkanes of at least 4 members (excludes halogenated alkanes) is 6. The van der Waals surface area contributed by atoms with E-state index in [0.29, 0.717) is 22.2 Å². The number of nitrogens with one attached hydrogen (secondary N) is 6. The number of carbonyl (C=O) groups excluding carboxylic acids is 1. The molecule has 0 saturated heterocycles. The molecule has 5 rings (SSSR count). The lowest BCUT2D eigenvalue weighted by molar-refractivity contribution is -0.683. The highest BCUT2D eigenvalue weighted by molar-refractivity contribution is 7.92. The number of carboxylic acid groups (broad SMARTS) is 1. The molecule has 0 aliphatic carbocycles. The van der Waals surface area contributed by atoms with Crippen LogP contribution >= 0.6 is 0 Å². The Bertz CT molecular complexity index is 2360. The van der Waals surface area contributed by atoms with Gasteiger partial charge in [0.15, 0.2) is 16.5 Å². The molecule has 2 unspecified atom stereocenters. The lowest BCUT2D eigenvalue weighted by Gasteiger charge is -2.07. The highest BCUT2D eigenvalue weighted by Crippen LogP contribution is 2.20. The summed E-state index contributed by atoms with van der Waals surface area (Å²) < 4.78 is 62.6. The van der Waals surface area contributed by atoms with Crippen molar-refractivity contribution in [1.29, 1.82) is 0 Å². The van der Waals surface area contributed by atoms with Gasteiger partial charge in [-0.1, -0.05) is 112 Å². The molecule has 0 aliphatic heterocycles. The average Bonchev–Trinajstić information content (AvgIpc) is 3.38. The average molecular weight is 1040 g/mol. The van der Waals surface area contributed by atoms with E-state index in [1.807, 2.05) is 36.4 Å². The lowest BCUT2D eigenvalue weighted by atomic mass is 10.0. The molecule has 15 nitrogen and oxygen atoms in total. The van der Waals surface area contributed by atoms with E-state index in [1.54, 1.807) is 61.7 Å². The second-order valence-electron chi connectivity index (χ2n) is 15.3. The van der Waals surface area contributed by atoms with E-state index in [9.17, 15) is 26.7 Å². The number of rotatable bonds is 24. The molecular formula is C53H75N6O9S3+. The number of para-hydroxylation sites is 1. The molecule has 0 aromatic heterocycles. The van der Waals surface area contributed by atoms with Crippen LogP contribution in [0, 0.1) is 0 Å². The van der Waals surface area contributed by atoms with Gasteiger partial charge in [-0.3, -0.25) is 21.3 Å². The van der Waals surface area contributed by atoms with Gasteiger partial charge >= 0.3 is 11.9 Å². The monoisotopic (exact) mass is 1040 g/mol. The third-order valence-corrected chi connectivity index (χ3v) is 13.2. The van der Waals surface area contributed by atoms with Crippen molar-refractivity contribution in [3.63, 3.8) is 0 Å². The minimum atomic E-state index is -3.95. The molecule has 0 amide bonds. The van der Waals surface area contributed by atoms with Crippen molar-refractivity contribution in [2.45, 2.75) is 101 Å². The fourth-order valence-electron chi connectivity index (χ4n) is 6.13. The molecule has 0 bridgehead atoms. The zero-order valence-corrected chi connectivity index (χ0v) is 44.5. The van der Waals surface area contributed by atoms with Crippen LogP contribution in [0.4, 0.5) is 0 Å². The number of benzene rings is 5. The zero-order chi connectivity index (χ0) is 52.0. The number of hydrogen-bond donors (Lipinski definition) is 6. The van der Waals surface area contributed by atoms with Crippen LogP contribution in [0.25, 0.3) is 0 Å². The minimum absolute atomic E-state index is 0.172. The molecule has 388 valence electrons. The van der Waals surface area contributed by atoms with Gasteiger partial charge in [-0.2, -0.15) is 0 Å². The van der Waals surface area contributed by atoms with Gasteiger partial charge in [0.1, 0.15) is 17.2 Å². The van der Waals surface area contributed by atoms with Gasteiger partial charge < -0.3 is 23.0 Å². The van der Waals surface area contributed by atoms with Crippen LogP contribution in [0.15, 0.2) is 154 Å². The van der Waals surface area contributed by atoms with E-state index in [4.69, 9.17) is 13.1 Å². The Morgan fingerprint density at radius 1 is 0.535 bits per heavy atom. The Balaban J connectivity index is 0.000000328. The molecule has 18 heteroatoms. The predicted molar refractivity (Wildman–Crippen MR) is 283 cm³/mol. The van der Waals surface area contributed by atoms with E-state index in [-0.39, 0.29) is 10.6 Å². The zero-order valence-electron chi connectivity index (χ0n) is 42.1. The molecular weight excluding hydrogens is 961 g/mol. The molecule has 5 aromatic carbocycles. The molecule has 0 heterocycles. The van der Waals surface area contributed by atoms with Crippen LogP contribution in [0.1, 0.15) is 85.1 Å². The Morgan fingerprint density at radius 3 is 1.34 bits per heavy atom. The first-order chi connectivity index (χ1) is 34.4. The molecule has 0 radical (unpaired) electrons. The third-order valence-electron chi connectivity index (χ3n) is 9.62. The van der Waals surface area contributed by atoms with Crippen molar-refractivity contribution in [1.82, 2.24) is 21.3 Å². The molecule has 5 aromatic rings. The first kappa shape index (κ1) is 60.9. The van der Waals surface area contributed by atoms with Crippen LogP contribution < -0.4 is 49.5 Å². The van der Waals surface area contributed by atoms with Gasteiger partial charge in [0.2, 0.25) is 22.2 Å². The van der Waals surface area contributed by atoms with Gasteiger partial charge in [0.25, 0.3) is 0 Å². The van der Waals surface area contributed by atoms with Gasteiger partial charge in [-0.25, -0.2) is 26.8 Å². The highest BCUT2D eigenvalue weighted by atomic mass is 32.2. The predicted octanol–water partition coefficient (Wildman–Crippen LogP) is 4.34. The van der Waals surface area contributed by atoms with Crippen LogP contribution in [0.3, 0.4) is 0 Å². The number of carboxylic acids is 1. The van der Waals surface area contributed by atoms with E-state index in [2.05, 4.69) is 90.1 Å². The summed E-state index contributed by atoms with van der Waals surface area (Å²) in [6, 6.07) is 40.2. The van der Waals surface area contributed by atoms with E-state index < -0.39 is 43.7 Å². The number of sulfone groups is 1. The fourth-order valence-corrected chi connectivity index (χ4v) is 8.68. The van der Waals surface area contributed by atoms with Crippen molar-refractivity contribution in [3.05, 3.63) is 145 Å². The Kier molecular flexibility index (Phi) is 32.2. The van der Waals surface area contributed by atoms with Crippen molar-refractivity contribution in [3.8, 4) is 17.2 Å². The van der Waals surface area contributed by atoms with Crippen LogP contribution in [-0.2, 0) is 43.2 Å². The summed E-state index contributed by atoms with van der Waals surface area (Å²) in [7, 11) is -2.24. The highest BCUT2D eigenvalue weighted by Gasteiger charge is 2.15. The maximum absolute atomic E-state index is 11.9. The number of guanidine groups is 2. The second-order valence-corrected chi connectivity index (χ2v) is 19.5. The van der Waals surface area contributed by atoms with Crippen molar-refractivity contribution in [2.75, 3.05) is 45.7 Å². The normalized spacial score (nSPS) is 11.1. The quantitative estimate of drug-likeness (QED) is 0.0220. The maximum atomic E-state index is 11.9. The van der Waals surface area contributed by atoms with Gasteiger partial charge in [0, 0.05) is 0 Å². The fraction of sp³-hybridized carbons (Fsp3) is 0.377. The topological polar surface area (TPSA) is 212 Å². The van der Waals surface area contributed by atoms with Crippen molar-refractivity contribution < 1.29 is 49.8 Å². The Morgan fingerprint density at radius 2 is 0.930 bits per heavy atom. The maximum Gasteiger partial charge on any atom is 0.345 e. The molecule has 71 heavy (non-hydrogen) atoms. The summed E-state index contributed by atoms with van der Waals surface area (Å²) in [6.07, 6.45) is 10.9. The lowest BCUT2D eigenvalue weighted by Crippen LogP contribution is -2.98. The Hall–Kier alpha value is -6.24. The first-order valence-corrected chi connectivity index (χ1v) is 27.9. The molecule has 6 N–H and O–H groups in total.